The molecule has 1 amide bonds. The third kappa shape index (κ3) is 5.01. The molecular weight excluding hydrogens is 484 g/mol. The standard InChI is InChI=1S/C22H19ClN4O6S/c23-16-5-10-19(11-6-16)34(31,32)26-13-1-2-20(26)22(28)25-24-14-18-9-12-21(33-18)15-3-7-17(8-4-15)27(29)30/h3-12,14,20H,1-2,13H2,(H,25,28)/b24-14-/t20-/m1/s1. The largest absolute Gasteiger partial charge is 0.455 e. The molecule has 1 N–H and O–H groups in total. The number of furan rings is 1. The monoisotopic (exact) mass is 502 g/mol. The van der Waals surface area contributed by atoms with E-state index in [1.54, 1.807) is 24.3 Å². The summed E-state index contributed by atoms with van der Waals surface area (Å²) in [6.45, 7) is 0.226. The van der Waals surface area contributed by atoms with Crippen LogP contribution in [0.5, 0.6) is 0 Å². The maximum atomic E-state index is 13.0. The minimum absolute atomic E-state index is 0.0289. The van der Waals surface area contributed by atoms with Crippen LogP contribution in [0.3, 0.4) is 0 Å². The Kier molecular flexibility index (Phi) is 6.77. The Labute approximate surface area is 200 Å². The minimum atomic E-state index is -3.86. The molecule has 0 radical (unpaired) electrons. The van der Waals surface area contributed by atoms with Crippen LogP contribution >= 0.6 is 11.6 Å². The number of nitrogens with zero attached hydrogens (tertiary/aromatic N) is 3. The Bertz CT molecular complexity index is 1340. The Morgan fingerprint density at radius 2 is 1.85 bits per heavy atom. The maximum absolute atomic E-state index is 13.0. The summed E-state index contributed by atoms with van der Waals surface area (Å²) < 4.78 is 32.7. The predicted molar refractivity (Wildman–Crippen MR) is 125 cm³/mol. The third-order valence-corrected chi connectivity index (χ3v) is 7.46. The molecule has 0 bridgehead atoms. The number of halogens is 1. The van der Waals surface area contributed by atoms with Crippen molar-refractivity contribution in [2.75, 3.05) is 6.54 Å². The number of nitro benzene ring substituents is 1. The van der Waals surface area contributed by atoms with E-state index in [0.29, 0.717) is 34.9 Å². The van der Waals surface area contributed by atoms with Crippen molar-refractivity contribution in [2.24, 2.45) is 5.10 Å². The van der Waals surface area contributed by atoms with Crippen LogP contribution in [-0.4, -0.2) is 42.4 Å². The average Bonchev–Trinajstić information content (AvgIpc) is 3.50. The van der Waals surface area contributed by atoms with Crippen LogP contribution in [0.4, 0.5) is 5.69 Å². The highest BCUT2D eigenvalue weighted by Crippen LogP contribution is 2.27. The van der Waals surface area contributed by atoms with Crippen molar-refractivity contribution in [3.05, 3.63) is 81.6 Å². The number of hydrazone groups is 1. The van der Waals surface area contributed by atoms with Crippen LogP contribution in [0.1, 0.15) is 18.6 Å². The van der Waals surface area contributed by atoms with Crippen LogP contribution in [0.2, 0.25) is 5.02 Å². The molecule has 34 heavy (non-hydrogen) atoms. The third-order valence-electron chi connectivity index (χ3n) is 5.28. The normalized spacial score (nSPS) is 16.7. The van der Waals surface area contributed by atoms with E-state index in [2.05, 4.69) is 10.5 Å². The van der Waals surface area contributed by atoms with Crippen LogP contribution in [0.25, 0.3) is 11.3 Å². The van der Waals surface area contributed by atoms with Gasteiger partial charge < -0.3 is 4.42 Å². The van der Waals surface area contributed by atoms with E-state index in [1.807, 2.05) is 0 Å². The maximum Gasteiger partial charge on any atom is 0.269 e. The first-order valence-electron chi connectivity index (χ1n) is 10.2. The second-order valence-corrected chi connectivity index (χ2v) is 9.79. The summed E-state index contributed by atoms with van der Waals surface area (Å²) in [6.07, 6.45) is 2.21. The molecule has 2 heterocycles. The summed E-state index contributed by atoms with van der Waals surface area (Å²) in [5, 5.41) is 15.1. The zero-order valence-electron chi connectivity index (χ0n) is 17.6. The molecule has 176 valence electrons. The lowest BCUT2D eigenvalue weighted by Crippen LogP contribution is -2.44. The van der Waals surface area contributed by atoms with Gasteiger partial charge in [-0.15, -0.1) is 0 Å². The van der Waals surface area contributed by atoms with Crippen molar-refractivity contribution in [1.82, 2.24) is 9.73 Å². The molecule has 1 atom stereocenters. The lowest BCUT2D eigenvalue weighted by Gasteiger charge is -2.22. The second kappa shape index (κ2) is 9.75. The van der Waals surface area contributed by atoms with Gasteiger partial charge in [-0.2, -0.15) is 9.41 Å². The number of non-ortho nitro benzene ring substituents is 1. The molecule has 0 saturated carbocycles. The molecule has 0 aliphatic carbocycles. The van der Waals surface area contributed by atoms with Gasteiger partial charge in [0.2, 0.25) is 10.0 Å². The van der Waals surface area contributed by atoms with Gasteiger partial charge in [0.05, 0.1) is 16.0 Å². The van der Waals surface area contributed by atoms with E-state index in [1.165, 1.54) is 46.9 Å². The number of nitrogens with one attached hydrogen (secondary N) is 1. The molecule has 0 unspecified atom stereocenters. The summed E-state index contributed by atoms with van der Waals surface area (Å²) in [5.74, 6) is 0.262. The van der Waals surface area contributed by atoms with Gasteiger partial charge in [0, 0.05) is 29.3 Å². The lowest BCUT2D eigenvalue weighted by molar-refractivity contribution is -0.384. The van der Waals surface area contributed by atoms with Crippen LogP contribution in [0, 0.1) is 10.1 Å². The van der Waals surface area contributed by atoms with Crippen LogP contribution in [0.15, 0.2) is 75.1 Å². The first kappa shape index (κ1) is 23.6. The first-order chi connectivity index (χ1) is 16.3. The highest BCUT2D eigenvalue weighted by atomic mass is 35.5. The van der Waals surface area contributed by atoms with Crippen molar-refractivity contribution >= 4 is 39.4 Å². The van der Waals surface area contributed by atoms with Gasteiger partial charge in [-0.1, -0.05) is 11.6 Å². The molecular formula is C22H19ClN4O6S. The Morgan fingerprint density at radius 3 is 2.53 bits per heavy atom. The predicted octanol–water partition coefficient (Wildman–Crippen LogP) is 3.81. The number of rotatable bonds is 7. The summed E-state index contributed by atoms with van der Waals surface area (Å²) in [7, 11) is -3.86. The van der Waals surface area contributed by atoms with Crippen molar-refractivity contribution in [2.45, 2.75) is 23.8 Å². The summed E-state index contributed by atoms with van der Waals surface area (Å²) in [6, 6.07) is 14.1. The summed E-state index contributed by atoms with van der Waals surface area (Å²) in [5.41, 5.74) is 2.99. The number of carbonyl (C=O) groups is 1. The molecule has 1 aliphatic rings. The fraction of sp³-hybridized carbons (Fsp3) is 0.182. The van der Waals surface area contributed by atoms with Crippen molar-refractivity contribution in [3.63, 3.8) is 0 Å². The number of hydrogen-bond acceptors (Lipinski definition) is 7. The minimum Gasteiger partial charge on any atom is -0.455 e. The van der Waals surface area contributed by atoms with E-state index >= 15 is 0 Å². The van der Waals surface area contributed by atoms with Gasteiger partial charge in [0.25, 0.3) is 11.6 Å². The topological polar surface area (TPSA) is 135 Å². The van der Waals surface area contributed by atoms with Gasteiger partial charge in [0.15, 0.2) is 0 Å². The molecule has 4 rings (SSSR count). The van der Waals surface area contributed by atoms with E-state index in [-0.39, 0.29) is 17.1 Å². The summed E-state index contributed by atoms with van der Waals surface area (Å²) in [4.78, 5) is 23.0. The fourth-order valence-electron chi connectivity index (χ4n) is 3.59. The van der Waals surface area contributed by atoms with Gasteiger partial charge in [-0.25, -0.2) is 13.8 Å². The molecule has 1 saturated heterocycles. The number of carbonyl (C=O) groups excluding carboxylic acids is 1. The smallest absolute Gasteiger partial charge is 0.269 e. The Balaban J connectivity index is 1.41. The van der Waals surface area contributed by atoms with E-state index in [9.17, 15) is 23.3 Å². The molecule has 1 aliphatic heterocycles. The van der Waals surface area contributed by atoms with E-state index < -0.39 is 26.9 Å². The Hall–Kier alpha value is -3.54. The molecule has 1 aromatic heterocycles. The number of nitro groups is 1. The SMILES string of the molecule is O=C(N/N=C\c1ccc(-c2ccc([N+](=O)[O-])cc2)o1)[C@H]1CCCN1S(=O)(=O)c1ccc(Cl)cc1. The van der Waals surface area contributed by atoms with Gasteiger partial charge in [-0.05, 0) is 61.4 Å². The van der Waals surface area contributed by atoms with Crippen LogP contribution in [-0.2, 0) is 14.8 Å². The van der Waals surface area contributed by atoms with Gasteiger partial charge in [-0.3, -0.25) is 14.9 Å². The highest BCUT2D eigenvalue weighted by Gasteiger charge is 2.39. The highest BCUT2D eigenvalue weighted by molar-refractivity contribution is 7.89. The molecule has 10 nitrogen and oxygen atoms in total. The number of hydrogen-bond donors (Lipinski definition) is 1. The van der Waals surface area contributed by atoms with Gasteiger partial charge >= 0.3 is 0 Å². The van der Waals surface area contributed by atoms with Crippen LogP contribution < -0.4 is 5.43 Å². The fourth-order valence-corrected chi connectivity index (χ4v) is 5.37. The lowest BCUT2D eigenvalue weighted by atomic mass is 10.1. The second-order valence-electron chi connectivity index (χ2n) is 7.47. The molecule has 2 aromatic carbocycles. The zero-order chi connectivity index (χ0) is 24.3. The van der Waals surface area contributed by atoms with Gasteiger partial charge in [0.1, 0.15) is 17.6 Å². The Morgan fingerprint density at radius 1 is 1.15 bits per heavy atom. The van der Waals surface area contributed by atoms with Crippen molar-refractivity contribution < 1.29 is 22.6 Å². The molecule has 0 spiro atoms. The number of amides is 1. The van der Waals surface area contributed by atoms with E-state index in [4.69, 9.17) is 16.0 Å². The first-order valence-corrected chi connectivity index (χ1v) is 12.0. The van der Waals surface area contributed by atoms with E-state index in [0.717, 1.165) is 0 Å². The number of sulfonamides is 1. The average molecular weight is 503 g/mol. The zero-order valence-corrected chi connectivity index (χ0v) is 19.2. The van der Waals surface area contributed by atoms with Crippen molar-refractivity contribution in [1.29, 1.82) is 0 Å². The summed E-state index contributed by atoms with van der Waals surface area (Å²) >= 11 is 5.84. The molecule has 1 fully saturated rings. The molecule has 3 aromatic rings. The quantitative estimate of drug-likeness (QED) is 0.296. The number of benzene rings is 2. The molecule has 12 heteroatoms. The van der Waals surface area contributed by atoms with Crippen molar-refractivity contribution in [3.8, 4) is 11.3 Å².